The molecule has 0 radical (unpaired) electrons. The Hall–Kier alpha value is -0.150. The number of benzene rings is 1. The van der Waals surface area contributed by atoms with Crippen LogP contribution in [0.1, 0.15) is 25.5 Å². The van der Waals surface area contributed by atoms with Gasteiger partial charge in [-0.2, -0.15) is 0 Å². The number of carboxylic acid groups (broad SMARTS) is 1. The Balaban J connectivity index is 0.00000225. The fourth-order valence-corrected chi connectivity index (χ4v) is 5.58. The molecular formula is C16H17N3Na2O7S2. The standard InChI is InChI=1S/C16H19N3O7S2.2Na/c1-16(2)11(15(22)23)19-13(21)10(14(19)27-16)17-12(20)9(18-28(24,25)26)8-6-4-3-5-7-8;;/h3-7,9-11,14,18H,1-2H3,(H,17,20)(H,22,23)(H,24,25,26);;/q;2*+1/p-2/t9-,10+,11-,14+;;/m0../s1. The largest absolute Gasteiger partial charge is 1.00 e. The van der Waals surface area contributed by atoms with E-state index in [1.165, 1.54) is 23.9 Å². The summed E-state index contributed by atoms with van der Waals surface area (Å²) in [4.78, 5) is 37.6. The summed E-state index contributed by atoms with van der Waals surface area (Å²) >= 11 is 1.20. The first kappa shape index (κ1) is 27.9. The molecule has 1 aromatic carbocycles. The fraction of sp³-hybridized carbons (Fsp3) is 0.438. The van der Waals surface area contributed by atoms with Crippen LogP contribution in [0.3, 0.4) is 0 Å². The number of fused-ring (bicyclic) bond motifs is 1. The van der Waals surface area contributed by atoms with Crippen molar-refractivity contribution < 1.29 is 91.6 Å². The Labute approximate surface area is 222 Å². The molecule has 30 heavy (non-hydrogen) atoms. The van der Waals surface area contributed by atoms with Gasteiger partial charge in [0, 0.05) is 4.75 Å². The number of thioether (sulfide) groups is 1. The summed E-state index contributed by atoms with van der Waals surface area (Å²) in [6.45, 7) is 3.31. The summed E-state index contributed by atoms with van der Waals surface area (Å²) in [6, 6.07) is 3.97. The molecule has 4 atom stereocenters. The van der Waals surface area contributed by atoms with Crippen molar-refractivity contribution in [3.05, 3.63) is 35.9 Å². The van der Waals surface area contributed by atoms with Crippen LogP contribution in [0.4, 0.5) is 0 Å². The maximum Gasteiger partial charge on any atom is 1.00 e. The van der Waals surface area contributed by atoms with Crippen LogP contribution < -0.4 is 74.3 Å². The van der Waals surface area contributed by atoms with E-state index in [1.54, 1.807) is 36.8 Å². The second kappa shape index (κ2) is 10.2. The average Bonchev–Trinajstić information content (AvgIpc) is 2.85. The van der Waals surface area contributed by atoms with Crippen LogP contribution in [0.25, 0.3) is 0 Å². The molecule has 0 saturated carbocycles. The molecule has 2 saturated heterocycles. The van der Waals surface area contributed by atoms with Gasteiger partial charge in [0.2, 0.25) is 11.8 Å². The van der Waals surface area contributed by atoms with Crippen LogP contribution in [0.5, 0.6) is 0 Å². The van der Waals surface area contributed by atoms with Gasteiger partial charge >= 0.3 is 59.1 Å². The third-order valence-corrected chi connectivity index (χ3v) is 6.72. The molecule has 2 heterocycles. The third-order valence-electron chi connectivity index (χ3n) is 4.62. The van der Waals surface area contributed by atoms with Crippen molar-refractivity contribution >= 4 is 39.8 Å². The first-order valence-corrected chi connectivity index (χ1v) is 10.5. The number of nitrogens with one attached hydrogen (secondary N) is 2. The van der Waals surface area contributed by atoms with E-state index in [9.17, 15) is 32.5 Å². The molecule has 0 spiro atoms. The zero-order valence-corrected chi connectivity index (χ0v) is 22.5. The summed E-state index contributed by atoms with van der Waals surface area (Å²) in [6.07, 6.45) is 0. The zero-order valence-electron chi connectivity index (χ0n) is 16.8. The number of amides is 2. The van der Waals surface area contributed by atoms with Crippen LogP contribution in [0.2, 0.25) is 0 Å². The summed E-state index contributed by atoms with van der Waals surface area (Å²) in [5, 5.41) is 13.2. The van der Waals surface area contributed by atoms with Gasteiger partial charge in [0.1, 0.15) is 17.5 Å². The van der Waals surface area contributed by atoms with Gasteiger partial charge < -0.3 is 24.7 Å². The van der Waals surface area contributed by atoms with E-state index in [1.807, 2.05) is 0 Å². The summed E-state index contributed by atoms with van der Waals surface area (Å²) in [7, 11) is -4.96. The molecule has 2 aliphatic heterocycles. The Morgan fingerprint density at radius 2 is 1.77 bits per heavy atom. The average molecular weight is 473 g/mol. The van der Waals surface area contributed by atoms with E-state index in [4.69, 9.17) is 0 Å². The Kier molecular flexibility index (Phi) is 9.48. The van der Waals surface area contributed by atoms with Crippen molar-refractivity contribution in [2.75, 3.05) is 0 Å². The van der Waals surface area contributed by atoms with E-state index in [0.717, 1.165) is 4.90 Å². The van der Waals surface area contributed by atoms with Crippen LogP contribution in [-0.4, -0.2) is 57.9 Å². The number of hydrogen-bond acceptors (Lipinski definition) is 8. The van der Waals surface area contributed by atoms with Gasteiger partial charge in [-0.15, -0.1) is 11.8 Å². The number of carbonyl (C=O) groups excluding carboxylic acids is 3. The molecule has 2 fully saturated rings. The zero-order chi connectivity index (χ0) is 20.9. The Morgan fingerprint density at radius 1 is 1.20 bits per heavy atom. The van der Waals surface area contributed by atoms with Gasteiger partial charge in [0.15, 0.2) is 10.3 Å². The predicted molar refractivity (Wildman–Crippen MR) is 95.0 cm³/mol. The van der Waals surface area contributed by atoms with Gasteiger partial charge in [-0.1, -0.05) is 30.3 Å². The van der Waals surface area contributed by atoms with Crippen molar-refractivity contribution in [1.29, 1.82) is 0 Å². The smallest absolute Gasteiger partial charge is 0.735 e. The number of β-lactam (4-membered cyclic amide) rings is 1. The van der Waals surface area contributed by atoms with Crippen LogP contribution >= 0.6 is 11.8 Å². The first-order valence-electron chi connectivity index (χ1n) is 8.22. The molecule has 0 aliphatic carbocycles. The topological polar surface area (TPSA) is 159 Å². The van der Waals surface area contributed by atoms with Gasteiger partial charge in [-0.3, -0.25) is 9.59 Å². The molecule has 2 aliphatic rings. The molecule has 0 aromatic heterocycles. The van der Waals surface area contributed by atoms with Crippen molar-refractivity contribution in [3.8, 4) is 0 Å². The molecule has 2 N–H and O–H groups in total. The van der Waals surface area contributed by atoms with Crippen molar-refractivity contribution in [1.82, 2.24) is 14.9 Å². The van der Waals surface area contributed by atoms with Crippen LogP contribution in [0.15, 0.2) is 30.3 Å². The summed E-state index contributed by atoms with van der Waals surface area (Å²) in [5.41, 5.74) is 0.218. The molecule has 14 heteroatoms. The fourth-order valence-electron chi connectivity index (χ4n) is 3.43. The number of hydrogen-bond donors (Lipinski definition) is 2. The summed E-state index contributed by atoms with van der Waals surface area (Å²) in [5.74, 6) is -2.89. The first-order chi connectivity index (χ1) is 12.9. The molecule has 2 amide bonds. The Bertz CT molecular complexity index is 930. The molecule has 3 rings (SSSR count). The number of aliphatic carboxylic acids is 1. The predicted octanol–water partition coefficient (Wildman–Crippen LogP) is -7.92. The molecule has 10 nitrogen and oxygen atoms in total. The minimum absolute atomic E-state index is 0. The van der Waals surface area contributed by atoms with E-state index in [0.29, 0.717) is 0 Å². The van der Waals surface area contributed by atoms with E-state index >= 15 is 0 Å². The van der Waals surface area contributed by atoms with Gasteiger partial charge in [-0.05, 0) is 19.4 Å². The molecule has 152 valence electrons. The molecule has 1 aromatic rings. The maximum absolute atomic E-state index is 12.6. The van der Waals surface area contributed by atoms with Gasteiger partial charge in [0.25, 0.3) is 0 Å². The van der Waals surface area contributed by atoms with Crippen molar-refractivity contribution in [3.63, 3.8) is 0 Å². The molecule has 0 bridgehead atoms. The molecule has 0 unspecified atom stereocenters. The Morgan fingerprint density at radius 3 is 2.27 bits per heavy atom. The van der Waals surface area contributed by atoms with Crippen LogP contribution in [-0.2, 0) is 24.7 Å². The molecular weight excluding hydrogens is 456 g/mol. The van der Waals surface area contributed by atoms with Crippen molar-refractivity contribution in [2.45, 2.75) is 42.1 Å². The normalized spacial score (nSPS) is 25.1. The van der Waals surface area contributed by atoms with Gasteiger partial charge in [-0.25, -0.2) is 13.1 Å². The summed E-state index contributed by atoms with van der Waals surface area (Å²) < 4.78 is 34.3. The van der Waals surface area contributed by atoms with Crippen molar-refractivity contribution in [2.24, 2.45) is 0 Å². The number of rotatable bonds is 6. The van der Waals surface area contributed by atoms with Crippen LogP contribution in [0, 0.1) is 0 Å². The minimum atomic E-state index is -4.96. The third kappa shape index (κ3) is 5.61. The monoisotopic (exact) mass is 473 g/mol. The SMILES string of the molecule is CC1(C)S[C@@H]2[C@H](NC(=O)[C@@H](NS(=O)(=O)[O-])c3ccccc3)C(=O)N2[C@H]1C(=O)[O-].[Na+].[Na+]. The number of carbonyl (C=O) groups is 3. The van der Waals surface area contributed by atoms with E-state index in [-0.39, 0.29) is 64.7 Å². The minimum Gasteiger partial charge on any atom is -0.735 e. The number of nitrogens with zero attached hydrogens (tertiary/aromatic N) is 1. The maximum atomic E-state index is 12.6. The van der Waals surface area contributed by atoms with E-state index < -0.39 is 56.3 Å². The number of carboxylic acids is 1. The van der Waals surface area contributed by atoms with Gasteiger partial charge in [0.05, 0.1) is 12.0 Å². The second-order valence-electron chi connectivity index (χ2n) is 6.98. The second-order valence-corrected chi connectivity index (χ2v) is 9.90. The quantitative estimate of drug-likeness (QED) is 0.234. The van der Waals surface area contributed by atoms with E-state index in [2.05, 4.69) is 5.32 Å².